The number of esters is 2. The number of phosphoric acid groups is 1. The summed E-state index contributed by atoms with van der Waals surface area (Å²) in [6.07, 6.45) is 49.6. The Morgan fingerprint density at radius 3 is 1.66 bits per heavy atom. The summed E-state index contributed by atoms with van der Waals surface area (Å²) in [5.74, 6) is -1.08. The predicted molar refractivity (Wildman–Crippen MR) is 217 cm³/mol. The zero-order chi connectivity index (χ0) is 39.1. The van der Waals surface area contributed by atoms with Crippen molar-refractivity contribution in [2.45, 2.75) is 122 Å². The third kappa shape index (κ3) is 39.5. The second-order valence-corrected chi connectivity index (χ2v) is 13.2. The maximum atomic E-state index is 12.3. The summed E-state index contributed by atoms with van der Waals surface area (Å²) in [5, 5.41) is 9.96. The van der Waals surface area contributed by atoms with E-state index in [0.717, 1.165) is 57.8 Å². The largest absolute Gasteiger partial charge is 0.469 e. The second kappa shape index (κ2) is 36.8. The molecule has 2 atom stereocenters. The van der Waals surface area contributed by atoms with Crippen LogP contribution in [0.15, 0.2) is 122 Å². The lowest BCUT2D eigenvalue weighted by Crippen LogP contribution is -2.29. The van der Waals surface area contributed by atoms with Crippen molar-refractivity contribution in [3.8, 4) is 0 Å². The van der Waals surface area contributed by atoms with E-state index in [1.54, 1.807) is 6.08 Å². The number of rotatable bonds is 32. The fourth-order valence-electron chi connectivity index (χ4n) is 4.29. The van der Waals surface area contributed by atoms with Crippen molar-refractivity contribution >= 4 is 19.8 Å². The van der Waals surface area contributed by atoms with Crippen LogP contribution in [0.1, 0.15) is 110 Å². The molecule has 0 spiro atoms. The van der Waals surface area contributed by atoms with Gasteiger partial charge in [-0.3, -0.25) is 14.1 Å². The topological polar surface area (TPSA) is 140 Å². The molecule has 0 bridgehead atoms. The van der Waals surface area contributed by atoms with E-state index in [1.165, 1.54) is 0 Å². The van der Waals surface area contributed by atoms with Gasteiger partial charge in [-0.2, -0.15) is 0 Å². The van der Waals surface area contributed by atoms with Crippen LogP contribution in [-0.2, 0) is 28.2 Å². The molecular formula is C43H65O9P. The van der Waals surface area contributed by atoms with Gasteiger partial charge >= 0.3 is 19.8 Å². The summed E-state index contributed by atoms with van der Waals surface area (Å²) in [6.45, 7) is 3.25. The third-order valence-electron chi connectivity index (χ3n) is 7.07. The number of phosphoric ester groups is 1. The van der Waals surface area contributed by atoms with E-state index in [9.17, 15) is 19.3 Å². The molecule has 0 radical (unpaired) electrons. The van der Waals surface area contributed by atoms with Crippen molar-refractivity contribution in [1.29, 1.82) is 0 Å². The Bertz CT molecular complexity index is 1280. The van der Waals surface area contributed by atoms with Crippen molar-refractivity contribution < 1.29 is 43.0 Å². The lowest BCUT2D eigenvalue weighted by atomic mass is 10.2. The number of carbonyl (C=O) groups is 2. The zero-order valence-corrected chi connectivity index (χ0v) is 32.9. The van der Waals surface area contributed by atoms with Gasteiger partial charge in [-0.05, 0) is 83.5 Å². The minimum Gasteiger partial charge on any atom is -0.462 e. The number of allylic oxidation sites excluding steroid dienone is 18. The lowest BCUT2D eigenvalue weighted by molar-refractivity contribution is -0.161. The molecular weight excluding hydrogens is 691 g/mol. The number of unbranched alkanes of at least 4 members (excludes halogenated alkanes) is 2. The SMILES string of the molecule is CC/C=C\C/C=C\C/C=C\C/C=C\CCCCC(=O)O[C@H](COC(=O)CC/C=C\C/C=C\C/C=C\C=C\C(O)C/C=C\C/C=C\CC)COP(=O)(O)O. The fraction of sp³-hybridized carbons (Fsp3) is 0.488. The van der Waals surface area contributed by atoms with Gasteiger partial charge in [-0.1, -0.05) is 135 Å². The third-order valence-corrected chi connectivity index (χ3v) is 7.55. The van der Waals surface area contributed by atoms with Crippen LogP contribution in [0.2, 0.25) is 0 Å². The molecule has 1 unspecified atom stereocenters. The molecule has 53 heavy (non-hydrogen) atoms. The normalized spacial score (nSPS) is 14.4. The first-order valence-corrected chi connectivity index (χ1v) is 20.5. The van der Waals surface area contributed by atoms with E-state index in [-0.39, 0.29) is 19.4 Å². The molecule has 0 heterocycles. The molecule has 0 aromatic heterocycles. The summed E-state index contributed by atoms with van der Waals surface area (Å²) in [6, 6.07) is 0. The van der Waals surface area contributed by atoms with E-state index in [4.69, 9.17) is 19.3 Å². The molecule has 0 aliphatic rings. The van der Waals surface area contributed by atoms with Crippen LogP contribution in [0.5, 0.6) is 0 Å². The minimum absolute atomic E-state index is 0.101. The molecule has 3 N–H and O–H groups in total. The van der Waals surface area contributed by atoms with Crippen LogP contribution in [0.4, 0.5) is 0 Å². The molecule has 10 heteroatoms. The Kier molecular flexibility index (Phi) is 34.3. The number of carbonyl (C=O) groups excluding carboxylic acids is 2. The van der Waals surface area contributed by atoms with Crippen molar-refractivity contribution in [2.24, 2.45) is 0 Å². The predicted octanol–water partition coefficient (Wildman–Crippen LogP) is 10.4. The lowest BCUT2D eigenvalue weighted by Gasteiger charge is -2.18. The zero-order valence-electron chi connectivity index (χ0n) is 32.0. The van der Waals surface area contributed by atoms with E-state index in [0.29, 0.717) is 25.7 Å². The highest BCUT2D eigenvalue weighted by atomic mass is 31.2. The van der Waals surface area contributed by atoms with Crippen LogP contribution in [0, 0.1) is 0 Å². The first kappa shape index (κ1) is 49.4. The van der Waals surface area contributed by atoms with Gasteiger partial charge in [-0.15, -0.1) is 0 Å². The van der Waals surface area contributed by atoms with Crippen LogP contribution >= 0.6 is 7.82 Å². The Morgan fingerprint density at radius 2 is 1.09 bits per heavy atom. The summed E-state index contributed by atoms with van der Waals surface area (Å²) in [7, 11) is -4.80. The minimum atomic E-state index is -4.80. The van der Waals surface area contributed by atoms with Gasteiger partial charge in [0.15, 0.2) is 6.10 Å². The van der Waals surface area contributed by atoms with E-state index < -0.39 is 38.6 Å². The number of hydrogen-bond acceptors (Lipinski definition) is 7. The first-order valence-electron chi connectivity index (χ1n) is 18.9. The van der Waals surface area contributed by atoms with Gasteiger partial charge in [0, 0.05) is 12.8 Å². The molecule has 9 nitrogen and oxygen atoms in total. The molecule has 0 aromatic rings. The smallest absolute Gasteiger partial charge is 0.462 e. The summed E-state index contributed by atoms with van der Waals surface area (Å²) < 4.78 is 26.2. The Labute approximate surface area is 319 Å². The highest BCUT2D eigenvalue weighted by molar-refractivity contribution is 7.46. The maximum absolute atomic E-state index is 12.3. The molecule has 0 rings (SSSR count). The monoisotopic (exact) mass is 756 g/mol. The standard InChI is InChI=1S/C43H65O9P/c1-3-5-7-9-11-12-13-14-15-16-17-22-25-29-33-37-43(46)52-41(39-51-53(47,48)49)38-50-42(45)36-32-28-24-21-19-18-20-23-27-31-35-40(44)34-30-26-10-8-6-4-2/h5-8,11-12,14-15,17-19,22-24,26-28,30-31,35,40-41,44H,3-4,9-10,13,16,20-21,25,29,32-34,36-39H2,1-2H3,(H2,47,48,49)/b7-5-,8-6-,12-11-,15-14-,19-18-,22-17-,27-23-,28-24-,30-26-,35-31+/t40?,41-/m1/s1. The van der Waals surface area contributed by atoms with Gasteiger partial charge in [0.2, 0.25) is 0 Å². The molecule has 0 aliphatic carbocycles. The molecule has 0 amide bonds. The number of aliphatic hydroxyl groups excluding tert-OH is 1. The Hall–Kier alpha value is -3.59. The molecule has 0 fully saturated rings. The van der Waals surface area contributed by atoms with Gasteiger partial charge in [0.05, 0.1) is 12.7 Å². The second-order valence-electron chi connectivity index (χ2n) is 12.0. The highest BCUT2D eigenvalue weighted by Crippen LogP contribution is 2.35. The van der Waals surface area contributed by atoms with Crippen molar-refractivity contribution in [3.63, 3.8) is 0 Å². The Balaban J connectivity index is 4.26. The van der Waals surface area contributed by atoms with Crippen molar-refractivity contribution in [3.05, 3.63) is 122 Å². The van der Waals surface area contributed by atoms with Crippen molar-refractivity contribution in [2.75, 3.05) is 13.2 Å². The highest BCUT2D eigenvalue weighted by Gasteiger charge is 2.22. The number of hydrogen-bond donors (Lipinski definition) is 3. The fourth-order valence-corrected chi connectivity index (χ4v) is 4.66. The average Bonchev–Trinajstić information content (AvgIpc) is 3.12. The van der Waals surface area contributed by atoms with E-state index in [1.807, 2.05) is 48.6 Å². The summed E-state index contributed by atoms with van der Waals surface area (Å²) in [4.78, 5) is 42.7. The maximum Gasteiger partial charge on any atom is 0.469 e. The molecule has 0 saturated heterocycles. The number of ether oxygens (including phenoxy) is 2. The van der Waals surface area contributed by atoms with E-state index >= 15 is 0 Å². The first-order chi connectivity index (χ1) is 25.7. The van der Waals surface area contributed by atoms with Crippen LogP contribution in [0.3, 0.4) is 0 Å². The number of aliphatic hydroxyl groups is 1. The van der Waals surface area contributed by atoms with Gasteiger partial charge in [0.25, 0.3) is 0 Å². The summed E-state index contributed by atoms with van der Waals surface area (Å²) >= 11 is 0. The Morgan fingerprint density at radius 1 is 0.585 bits per heavy atom. The molecule has 296 valence electrons. The van der Waals surface area contributed by atoms with Gasteiger partial charge < -0.3 is 24.4 Å². The molecule has 0 aliphatic heterocycles. The van der Waals surface area contributed by atoms with Gasteiger partial charge in [0.1, 0.15) is 6.61 Å². The average molecular weight is 757 g/mol. The quantitative estimate of drug-likeness (QED) is 0.0201. The van der Waals surface area contributed by atoms with Crippen LogP contribution < -0.4 is 0 Å². The molecule has 0 saturated carbocycles. The van der Waals surface area contributed by atoms with Crippen molar-refractivity contribution in [1.82, 2.24) is 0 Å². The van der Waals surface area contributed by atoms with Gasteiger partial charge in [-0.25, -0.2) is 4.57 Å². The van der Waals surface area contributed by atoms with Crippen LogP contribution in [-0.4, -0.2) is 52.3 Å². The van der Waals surface area contributed by atoms with Crippen LogP contribution in [0.25, 0.3) is 0 Å². The van der Waals surface area contributed by atoms with E-state index in [2.05, 4.69) is 85.2 Å². The molecule has 0 aromatic carbocycles. The summed E-state index contributed by atoms with van der Waals surface area (Å²) in [5.41, 5.74) is 0.